The molecule has 0 aliphatic carbocycles. The van der Waals surface area contributed by atoms with Crippen molar-refractivity contribution in [1.82, 2.24) is 10.2 Å². The minimum atomic E-state index is -0.654. The fourth-order valence-electron chi connectivity index (χ4n) is 4.24. The predicted molar refractivity (Wildman–Crippen MR) is 171 cm³/mol. The second-order valence-electron chi connectivity index (χ2n) is 11.3. The van der Waals surface area contributed by atoms with Gasteiger partial charge in [0.25, 0.3) is 5.91 Å². The third-order valence-electron chi connectivity index (χ3n) is 6.21. The van der Waals surface area contributed by atoms with E-state index < -0.39 is 11.7 Å². The second-order valence-corrected chi connectivity index (χ2v) is 11.3. The van der Waals surface area contributed by atoms with Gasteiger partial charge in [-0.05, 0) is 115 Å². The molecule has 230 valence electrons. The zero-order valence-corrected chi connectivity index (χ0v) is 25.8. The van der Waals surface area contributed by atoms with Crippen LogP contribution in [-0.2, 0) is 4.74 Å². The van der Waals surface area contributed by atoms with Crippen molar-refractivity contribution in [3.8, 4) is 5.75 Å². The topological polar surface area (TPSA) is 121 Å². The molecule has 1 unspecified atom stereocenters. The first kappa shape index (κ1) is 32.9. The molecule has 0 aliphatic heterocycles. The normalized spacial score (nSPS) is 11.8. The lowest BCUT2D eigenvalue weighted by molar-refractivity contribution is 0.0635. The summed E-state index contributed by atoms with van der Waals surface area (Å²) in [6, 6.07) is 20.7. The molecule has 0 bridgehead atoms. The van der Waals surface area contributed by atoms with Crippen LogP contribution in [0.4, 0.5) is 26.7 Å². The number of nitrogens with zero attached hydrogens (tertiary/aromatic N) is 1. The number of carbonyl (C=O) groups is 3. The lowest BCUT2D eigenvalue weighted by Gasteiger charge is -2.21. The van der Waals surface area contributed by atoms with Crippen LogP contribution in [0.15, 0.2) is 72.8 Å². The van der Waals surface area contributed by atoms with E-state index in [-0.39, 0.29) is 18.0 Å². The summed E-state index contributed by atoms with van der Waals surface area (Å²) in [7, 11) is 4.02. The van der Waals surface area contributed by atoms with Crippen molar-refractivity contribution in [2.75, 3.05) is 43.2 Å². The van der Waals surface area contributed by atoms with Crippen molar-refractivity contribution in [3.05, 3.63) is 83.9 Å². The third kappa shape index (κ3) is 11.3. The van der Waals surface area contributed by atoms with Crippen LogP contribution in [0.1, 0.15) is 62.5 Å². The van der Waals surface area contributed by atoms with Crippen molar-refractivity contribution in [3.63, 3.8) is 0 Å². The van der Waals surface area contributed by atoms with Gasteiger partial charge < -0.3 is 30.3 Å². The van der Waals surface area contributed by atoms with Gasteiger partial charge in [-0.2, -0.15) is 0 Å². The highest BCUT2D eigenvalue weighted by Crippen LogP contribution is 2.24. The van der Waals surface area contributed by atoms with Gasteiger partial charge in [-0.15, -0.1) is 0 Å². The first-order chi connectivity index (χ1) is 20.4. The summed E-state index contributed by atoms with van der Waals surface area (Å²) in [4.78, 5) is 40.4. The maximum Gasteiger partial charge on any atom is 0.412 e. The van der Waals surface area contributed by atoms with Crippen LogP contribution in [0.5, 0.6) is 5.75 Å². The quantitative estimate of drug-likeness (QED) is 0.183. The Balaban J connectivity index is 1.68. The fraction of sp³-hybridized carbons (Fsp3) is 0.364. The molecular formula is C33H43N5O5. The molecule has 3 rings (SSSR count). The highest BCUT2D eigenvalue weighted by molar-refractivity contribution is 6.06. The standard InChI is InChI=1S/C33H43N5O5/c1-7-42-26-20-18-25(19-21-26)34-31(40)36-27(13-10-22-38(5)6)23-14-16-24(17-15-23)30(39)35-28-11-8-9-12-29(28)37-32(41)43-33(2,3)4/h8-9,11-12,14-21,27H,7,10,13,22H2,1-6H3,(H,35,39)(H,37,41)(H2,34,36,40). The van der Waals surface area contributed by atoms with Crippen molar-refractivity contribution in [1.29, 1.82) is 0 Å². The smallest absolute Gasteiger partial charge is 0.412 e. The summed E-state index contributed by atoms with van der Waals surface area (Å²) in [5, 5.41) is 11.5. The number of nitrogens with one attached hydrogen (secondary N) is 4. The molecule has 10 heteroatoms. The van der Waals surface area contributed by atoms with Crippen LogP contribution in [0.25, 0.3) is 0 Å². The van der Waals surface area contributed by atoms with E-state index in [9.17, 15) is 14.4 Å². The SMILES string of the molecule is CCOc1ccc(NC(=O)NC(CCCN(C)C)c2ccc(C(=O)Nc3ccccc3NC(=O)OC(C)(C)C)cc2)cc1. The molecule has 4 N–H and O–H groups in total. The van der Waals surface area contributed by atoms with E-state index in [1.54, 1.807) is 69.3 Å². The minimum absolute atomic E-state index is 0.265. The molecule has 0 aromatic heterocycles. The summed E-state index contributed by atoms with van der Waals surface area (Å²) in [5.41, 5.74) is 2.17. The Labute approximate surface area is 254 Å². The predicted octanol–water partition coefficient (Wildman–Crippen LogP) is 6.89. The Kier molecular flexibility index (Phi) is 11.9. The Hall–Kier alpha value is -4.57. The number of para-hydroxylation sites is 2. The monoisotopic (exact) mass is 589 g/mol. The molecule has 10 nitrogen and oxygen atoms in total. The summed E-state index contributed by atoms with van der Waals surface area (Å²) >= 11 is 0. The second kappa shape index (κ2) is 15.6. The molecule has 0 fully saturated rings. The highest BCUT2D eigenvalue weighted by Gasteiger charge is 2.19. The van der Waals surface area contributed by atoms with E-state index in [1.807, 2.05) is 45.3 Å². The van der Waals surface area contributed by atoms with E-state index in [4.69, 9.17) is 9.47 Å². The van der Waals surface area contributed by atoms with Crippen molar-refractivity contribution in [2.24, 2.45) is 0 Å². The van der Waals surface area contributed by atoms with Gasteiger partial charge in [0, 0.05) is 11.3 Å². The summed E-state index contributed by atoms with van der Waals surface area (Å²) < 4.78 is 10.8. The molecule has 0 saturated carbocycles. The molecule has 0 spiro atoms. The number of ether oxygens (including phenoxy) is 2. The Morgan fingerprint density at radius 1 is 0.837 bits per heavy atom. The Morgan fingerprint density at radius 3 is 2.05 bits per heavy atom. The molecule has 0 saturated heterocycles. The average Bonchev–Trinajstić information content (AvgIpc) is 2.93. The van der Waals surface area contributed by atoms with Gasteiger partial charge in [0.15, 0.2) is 0 Å². The van der Waals surface area contributed by atoms with Crippen molar-refractivity contribution < 1.29 is 23.9 Å². The largest absolute Gasteiger partial charge is 0.494 e. The number of carbonyl (C=O) groups excluding carboxylic acids is 3. The zero-order chi connectivity index (χ0) is 31.4. The van der Waals surface area contributed by atoms with Gasteiger partial charge in [-0.25, -0.2) is 9.59 Å². The van der Waals surface area contributed by atoms with E-state index in [0.717, 1.165) is 24.3 Å². The van der Waals surface area contributed by atoms with Crippen LogP contribution in [0.3, 0.4) is 0 Å². The zero-order valence-electron chi connectivity index (χ0n) is 25.8. The maximum absolute atomic E-state index is 13.1. The summed E-state index contributed by atoms with van der Waals surface area (Å²) in [5.74, 6) is 0.400. The van der Waals surface area contributed by atoms with Gasteiger partial charge in [-0.1, -0.05) is 24.3 Å². The summed E-state index contributed by atoms with van der Waals surface area (Å²) in [6.45, 7) is 8.69. The Morgan fingerprint density at radius 2 is 1.47 bits per heavy atom. The highest BCUT2D eigenvalue weighted by atomic mass is 16.6. The molecule has 4 amide bonds. The molecule has 0 radical (unpaired) electrons. The molecule has 0 heterocycles. The van der Waals surface area contributed by atoms with Gasteiger partial charge in [-0.3, -0.25) is 10.1 Å². The summed E-state index contributed by atoms with van der Waals surface area (Å²) in [6.07, 6.45) is 0.965. The fourth-order valence-corrected chi connectivity index (χ4v) is 4.24. The number of amides is 4. The molecular weight excluding hydrogens is 546 g/mol. The van der Waals surface area contributed by atoms with Crippen LogP contribution in [-0.4, -0.2) is 55.8 Å². The van der Waals surface area contributed by atoms with Gasteiger partial charge in [0.1, 0.15) is 11.4 Å². The molecule has 0 aliphatic rings. The number of hydrogen-bond acceptors (Lipinski definition) is 6. The maximum atomic E-state index is 13.1. The molecule has 43 heavy (non-hydrogen) atoms. The first-order valence-corrected chi connectivity index (χ1v) is 14.4. The molecule has 3 aromatic carbocycles. The van der Waals surface area contributed by atoms with E-state index >= 15 is 0 Å². The van der Waals surface area contributed by atoms with Crippen LogP contribution in [0.2, 0.25) is 0 Å². The van der Waals surface area contributed by atoms with E-state index in [0.29, 0.717) is 35.7 Å². The van der Waals surface area contributed by atoms with Crippen LogP contribution < -0.4 is 26.0 Å². The number of anilines is 3. The number of benzene rings is 3. The van der Waals surface area contributed by atoms with Crippen molar-refractivity contribution in [2.45, 2.75) is 52.2 Å². The lowest BCUT2D eigenvalue weighted by Crippen LogP contribution is -2.33. The van der Waals surface area contributed by atoms with Gasteiger partial charge >= 0.3 is 12.1 Å². The lowest BCUT2D eigenvalue weighted by atomic mass is 10.00. The minimum Gasteiger partial charge on any atom is -0.494 e. The van der Waals surface area contributed by atoms with Crippen molar-refractivity contribution >= 4 is 35.1 Å². The molecule has 3 aromatic rings. The van der Waals surface area contributed by atoms with Gasteiger partial charge in [0.05, 0.1) is 24.0 Å². The Bertz CT molecular complexity index is 1350. The molecule has 1 atom stereocenters. The van der Waals surface area contributed by atoms with Crippen LogP contribution in [0, 0.1) is 0 Å². The first-order valence-electron chi connectivity index (χ1n) is 14.4. The van der Waals surface area contributed by atoms with E-state index in [1.165, 1.54) is 0 Å². The number of urea groups is 1. The number of hydrogen-bond donors (Lipinski definition) is 4. The van der Waals surface area contributed by atoms with Crippen LogP contribution >= 0.6 is 0 Å². The average molecular weight is 590 g/mol. The van der Waals surface area contributed by atoms with E-state index in [2.05, 4.69) is 26.2 Å². The van der Waals surface area contributed by atoms with Gasteiger partial charge in [0.2, 0.25) is 0 Å². The third-order valence-corrected chi connectivity index (χ3v) is 6.21. The number of rotatable bonds is 12.